The van der Waals surface area contributed by atoms with E-state index in [1.807, 2.05) is 28.8 Å². The number of aromatic nitrogens is 2. The standard InChI is InChI=1S/C17H21N5S/c1-2-18-17(20-12-15-6-5-11-23-15)19-9-8-14-13-22-10-4-3-7-16(22)21-14/h3-7,10-11,13H,2,8-9,12H2,1H3,(H2,18,19,20). The van der Waals surface area contributed by atoms with Crippen LogP contribution in [-0.4, -0.2) is 28.4 Å². The van der Waals surface area contributed by atoms with Crippen LogP contribution >= 0.6 is 11.3 Å². The second-order valence-corrected chi connectivity index (χ2v) is 6.18. The first-order chi connectivity index (χ1) is 11.3. The predicted octanol–water partition coefficient (Wildman–Crippen LogP) is 2.69. The van der Waals surface area contributed by atoms with Gasteiger partial charge < -0.3 is 15.0 Å². The molecule has 120 valence electrons. The quantitative estimate of drug-likeness (QED) is 0.541. The first kappa shape index (κ1) is 15.6. The third-order valence-corrected chi connectivity index (χ3v) is 4.27. The molecule has 0 bridgehead atoms. The van der Waals surface area contributed by atoms with Crippen molar-refractivity contribution in [2.24, 2.45) is 4.99 Å². The Labute approximate surface area is 140 Å². The van der Waals surface area contributed by atoms with Crippen LogP contribution in [0.5, 0.6) is 0 Å². The normalized spacial score (nSPS) is 11.8. The van der Waals surface area contributed by atoms with Crippen LogP contribution in [-0.2, 0) is 13.0 Å². The second kappa shape index (κ2) is 7.78. The van der Waals surface area contributed by atoms with Crippen molar-refractivity contribution in [2.75, 3.05) is 13.1 Å². The molecule has 3 aromatic rings. The van der Waals surface area contributed by atoms with E-state index in [9.17, 15) is 0 Å². The van der Waals surface area contributed by atoms with Crippen molar-refractivity contribution in [2.45, 2.75) is 19.9 Å². The zero-order valence-electron chi connectivity index (χ0n) is 13.2. The molecule has 6 heteroatoms. The van der Waals surface area contributed by atoms with Crippen LogP contribution in [0.25, 0.3) is 5.65 Å². The van der Waals surface area contributed by atoms with Gasteiger partial charge in [0, 0.05) is 36.8 Å². The summed E-state index contributed by atoms with van der Waals surface area (Å²) in [5.74, 6) is 0.852. The Kier molecular flexibility index (Phi) is 5.26. The highest BCUT2D eigenvalue weighted by Gasteiger charge is 2.02. The summed E-state index contributed by atoms with van der Waals surface area (Å²) in [5.41, 5.74) is 2.07. The van der Waals surface area contributed by atoms with Gasteiger partial charge in [0.1, 0.15) is 5.65 Å². The van der Waals surface area contributed by atoms with Gasteiger partial charge in [0.2, 0.25) is 0 Å². The molecule has 2 N–H and O–H groups in total. The molecule has 3 rings (SSSR count). The van der Waals surface area contributed by atoms with Gasteiger partial charge in [-0.15, -0.1) is 11.3 Å². The molecule has 0 spiro atoms. The molecule has 0 aliphatic carbocycles. The Hall–Kier alpha value is -2.34. The van der Waals surface area contributed by atoms with E-state index in [0.717, 1.165) is 36.8 Å². The first-order valence-corrected chi connectivity index (χ1v) is 8.70. The molecular formula is C17H21N5S. The van der Waals surface area contributed by atoms with Gasteiger partial charge >= 0.3 is 0 Å². The maximum absolute atomic E-state index is 4.61. The van der Waals surface area contributed by atoms with Crippen LogP contribution in [0.4, 0.5) is 0 Å². The molecule has 0 atom stereocenters. The van der Waals surface area contributed by atoms with Gasteiger partial charge in [0.05, 0.1) is 12.2 Å². The third-order valence-electron chi connectivity index (χ3n) is 3.40. The number of nitrogens with one attached hydrogen (secondary N) is 2. The molecule has 0 aliphatic heterocycles. The summed E-state index contributed by atoms with van der Waals surface area (Å²) in [7, 11) is 0. The van der Waals surface area contributed by atoms with E-state index >= 15 is 0 Å². The first-order valence-electron chi connectivity index (χ1n) is 7.82. The van der Waals surface area contributed by atoms with Gasteiger partial charge in [-0.1, -0.05) is 12.1 Å². The molecule has 0 saturated heterocycles. The lowest BCUT2D eigenvalue weighted by molar-refractivity contribution is 0.792. The fourth-order valence-corrected chi connectivity index (χ4v) is 2.95. The number of rotatable bonds is 6. The number of aliphatic imine (C=N–C) groups is 1. The Morgan fingerprint density at radius 3 is 3.00 bits per heavy atom. The van der Waals surface area contributed by atoms with Crippen LogP contribution in [0.3, 0.4) is 0 Å². The summed E-state index contributed by atoms with van der Waals surface area (Å²) >= 11 is 1.73. The van der Waals surface area contributed by atoms with Gasteiger partial charge in [-0.25, -0.2) is 9.98 Å². The van der Waals surface area contributed by atoms with Crippen molar-refractivity contribution in [3.05, 3.63) is 58.7 Å². The van der Waals surface area contributed by atoms with Crippen LogP contribution in [0.2, 0.25) is 0 Å². The molecule has 3 heterocycles. The van der Waals surface area contributed by atoms with Crippen molar-refractivity contribution < 1.29 is 0 Å². The number of hydrogen-bond donors (Lipinski definition) is 2. The minimum atomic E-state index is 0.710. The van der Waals surface area contributed by atoms with E-state index in [1.165, 1.54) is 4.88 Å². The van der Waals surface area contributed by atoms with E-state index in [4.69, 9.17) is 0 Å². The largest absolute Gasteiger partial charge is 0.357 e. The van der Waals surface area contributed by atoms with Gasteiger partial charge in [0.25, 0.3) is 0 Å². The summed E-state index contributed by atoms with van der Waals surface area (Å²) in [6, 6.07) is 10.2. The van der Waals surface area contributed by atoms with Gasteiger partial charge in [-0.05, 0) is 30.5 Å². The molecule has 23 heavy (non-hydrogen) atoms. The number of guanidine groups is 1. The Balaban J connectivity index is 1.54. The van der Waals surface area contributed by atoms with Gasteiger partial charge in [-0.2, -0.15) is 0 Å². The highest BCUT2D eigenvalue weighted by atomic mass is 32.1. The molecule has 0 aliphatic rings. The average Bonchev–Trinajstić information content (AvgIpc) is 3.21. The number of pyridine rings is 1. The smallest absolute Gasteiger partial charge is 0.191 e. The average molecular weight is 327 g/mol. The van der Waals surface area contributed by atoms with E-state index in [0.29, 0.717) is 6.54 Å². The summed E-state index contributed by atoms with van der Waals surface area (Å²) in [6.07, 6.45) is 4.96. The molecule has 0 aromatic carbocycles. The second-order valence-electron chi connectivity index (χ2n) is 5.15. The fraction of sp³-hybridized carbons (Fsp3) is 0.294. The fourth-order valence-electron chi connectivity index (χ4n) is 2.32. The van der Waals surface area contributed by atoms with E-state index in [1.54, 1.807) is 11.3 Å². The summed E-state index contributed by atoms with van der Waals surface area (Å²) in [6.45, 7) is 4.44. The van der Waals surface area contributed by atoms with E-state index in [-0.39, 0.29) is 0 Å². The molecule has 0 saturated carbocycles. The maximum atomic E-state index is 4.61. The highest BCUT2D eigenvalue weighted by molar-refractivity contribution is 7.09. The van der Waals surface area contributed by atoms with E-state index < -0.39 is 0 Å². The summed E-state index contributed by atoms with van der Waals surface area (Å²) in [5, 5.41) is 8.72. The van der Waals surface area contributed by atoms with Crippen LogP contribution in [0, 0.1) is 0 Å². The molecule has 0 amide bonds. The zero-order valence-corrected chi connectivity index (χ0v) is 14.0. The van der Waals surface area contributed by atoms with Gasteiger partial charge in [0.15, 0.2) is 5.96 Å². The molecule has 0 fully saturated rings. The number of thiophene rings is 1. The Morgan fingerprint density at radius 1 is 1.26 bits per heavy atom. The van der Waals surface area contributed by atoms with Crippen LogP contribution in [0.15, 0.2) is 53.1 Å². The lowest BCUT2D eigenvalue weighted by atomic mass is 10.3. The predicted molar refractivity (Wildman–Crippen MR) is 96.0 cm³/mol. The number of nitrogens with zero attached hydrogens (tertiary/aromatic N) is 3. The zero-order chi connectivity index (χ0) is 15.9. The SMILES string of the molecule is CCNC(=NCc1cccs1)NCCc1cn2ccccc2n1. The Morgan fingerprint density at radius 2 is 2.22 bits per heavy atom. The maximum Gasteiger partial charge on any atom is 0.191 e. The molecule has 0 radical (unpaired) electrons. The number of hydrogen-bond acceptors (Lipinski definition) is 3. The van der Waals surface area contributed by atoms with Crippen molar-refractivity contribution >= 4 is 22.9 Å². The van der Waals surface area contributed by atoms with Crippen molar-refractivity contribution in [1.82, 2.24) is 20.0 Å². The highest BCUT2D eigenvalue weighted by Crippen LogP contribution is 2.09. The van der Waals surface area contributed by atoms with Gasteiger partial charge in [-0.3, -0.25) is 0 Å². The number of imidazole rings is 1. The Bertz CT molecular complexity index is 727. The number of fused-ring (bicyclic) bond motifs is 1. The van der Waals surface area contributed by atoms with Crippen LogP contribution < -0.4 is 10.6 Å². The van der Waals surface area contributed by atoms with Crippen molar-refractivity contribution in [3.8, 4) is 0 Å². The van der Waals surface area contributed by atoms with Crippen molar-refractivity contribution in [1.29, 1.82) is 0 Å². The summed E-state index contributed by atoms with van der Waals surface area (Å²) in [4.78, 5) is 10.5. The molecule has 3 aromatic heterocycles. The van der Waals surface area contributed by atoms with E-state index in [2.05, 4.69) is 51.2 Å². The topological polar surface area (TPSA) is 53.7 Å². The lowest BCUT2D eigenvalue weighted by Crippen LogP contribution is -2.38. The minimum Gasteiger partial charge on any atom is -0.357 e. The lowest BCUT2D eigenvalue weighted by Gasteiger charge is -2.10. The monoisotopic (exact) mass is 327 g/mol. The molecule has 5 nitrogen and oxygen atoms in total. The molecular weight excluding hydrogens is 306 g/mol. The van der Waals surface area contributed by atoms with Crippen molar-refractivity contribution in [3.63, 3.8) is 0 Å². The third kappa shape index (κ3) is 4.32. The molecule has 0 unspecified atom stereocenters. The minimum absolute atomic E-state index is 0.710. The van der Waals surface area contributed by atoms with Crippen LogP contribution in [0.1, 0.15) is 17.5 Å². The summed E-state index contributed by atoms with van der Waals surface area (Å²) < 4.78 is 2.05.